The number of thiophene rings is 1. The van der Waals surface area contributed by atoms with E-state index in [1.807, 2.05) is 0 Å². The average molecular weight is 382 g/mol. The van der Waals surface area contributed by atoms with Gasteiger partial charge in [-0.25, -0.2) is 17.5 Å². The Morgan fingerprint density at radius 2 is 1.88 bits per heavy atom. The number of hydrogen-bond acceptors (Lipinski definition) is 4. The number of nitrogens with one attached hydrogen (secondary N) is 1. The molecule has 5 nitrogen and oxygen atoms in total. The van der Waals surface area contributed by atoms with Gasteiger partial charge in [0, 0.05) is 19.1 Å². The summed E-state index contributed by atoms with van der Waals surface area (Å²) in [5, 5.41) is 1.73. The summed E-state index contributed by atoms with van der Waals surface area (Å²) in [5.74, 6) is -0.346. The van der Waals surface area contributed by atoms with Crippen LogP contribution < -0.4 is 4.72 Å². The highest BCUT2D eigenvalue weighted by Gasteiger charge is 2.27. The Bertz CT molecular complexity index is 812. The molecular formula is C17H19FN2O3S2. The predicted molar refractivity (Wildman–Crippen MR) is 94.3 cm³/mol. The zero-order chi connectivity index (χ0) is 17.9. The summed E-state index contributed by atoms with van der Waals surface area (Å²) < 4.78 is 40.4. The number of piperidine rings is 1. The first kappa shape index (κ1) is 18.0. The van der Waals surface area contributed by atoms with Gasteiger partial charge in [0.15, 0.2) is 0 Å². The lowest BCUT2D eigenvalue weighted by molar-refractivity contribution is -0.131. The molecule has 0 bridgehead atoms. The van der Waals surface area contributed by atoms with Crippen LogP contribution in [0.3, 0.4) is 0 Å². The third-order valence-corrected chi connectivity index (χ3v) is 7.12. The fraction of sp³-hybridized carbons (Fsp3) is 0.353. The molecule has 25 heavy (non-hydrogen) atoms. The first-order valence-corrected chi connectivity index (χ1v) is 10.4. The Morgan fingerprint density at radius 1 is 1.20 bits per heavy atom. The van der Waals surface area contributed by atoms with Crippen LogP contribution in [0.5, 0.6) is 0 Å². The van der Waals surface area contributed by atoms with E-state index in [4.69, 9.17) is 0 Å². The molecule has 1 saturated heterocycles. The number of carbonyl (C=O) groups is 1. The second kappa shape index (κ2) is 7.63. The summed E-state index contributed by atoms with van der Waals surface area (Å²) in [6, 6.07) is 9.01. The highest BCUT2D eigenvalue weighted by molar-refractivity contribution is 7.91. The largest absolute Gasteiger partial charge is 0.342 e. The number of rotatable bonds is 5. The van der Waals surface area contributed by atoms with Gasteiger partial charge in [-0.1, -0.05) is 18.2 Å². The van der Waals surface area contributed by atoms with Gasteiger partial charge < -0.3 is 4.90 Å². The minimum absolute atomic E-state index is 0.0221. The maximum atomic E-state index is 12.9. The van der Waals surface area contributed by atoms with Crippen molar-refractivity contribution in [1.82, 2.24) is 9.62 Å². The Kier molecular flexibility index (Phi) is 5.51. The van der Waals surface area contributed by atoms with Crippen LogP contribution in [0.25, 0.3) is 0 Å². The third-order valence-electron chi connectivity index (χ3n) is 4.20. The molecule has 1 aliphatic rings. The van der Waals surface area contributed by atoms with Crippen molar-refractivity contribution in [2.24, 2.45) is 0 Å². The molecule has 0 atom stereocenters. The van der Waals surface area contributed by atoms with Crippen LogP contribution in [0.2, 0.25) is 0 Å². The van der Waals surface area contributed by atoms with Gasteiger partial charge in [-0.2, -0.15) is 0 Å². The average Bonchev–Trinajstić information content (AvgIpc) is 3.13. The lowest BCUT2D eigenvalue weighted by Gasteiger charge is -2.32. The number of sulfonamides is 1. The number of likely N-dealkylation sites (tertiary alicyclic amines) is 1. The van der Waals surface area contributed by atoms with Crippen molar-refractivity contribution in [2.45, 2.75) is 29.5 Å². The third kappa shape index (κ3) is 4.65. The van der Waals surface area contributed by atoms with E-state index >= 15 is 0 Å². The molecule has 0 spiro atoms. The maximum absolute atomic E-state index is 12.9. The van der Waals surface area contributed by atoms with Gasteiger partial charge in [0.1, 0.15) is 10.0 Å². The van der Waals surface area contributed by atoms with E-state index in [1.165, 1.54) is 23.5 Å². The molecule has 0 aliphatic carbocycles. The minimum Gasteiger partial charge on any atom is -0.342 e. The summed E-state index contributed by atoms with van der Waals surface area (Å²) in [7, 11) is -3.48. The molecule has 2 aromatic rings. The fourth-order valence-electron chi connectivity index (χ4n) is 2.83. The van der Waals surface area contributed by atoms with Crippen molar-refractivity contribution < 1.29 is 17.6 Å². The molecule has 1 N–H and O–H groups in total. The summed E-state index contributed by atoms with van der Waals surface area (Å²) in [6.45, 7) is 1.02. The molecule has 8 heteroatoms. The lowest BCUT2D eigenvalue weighted by atomic mass is 10.0. The molecule has 0 unspecified atom stereocenters. The molecular weight excluding hydrogens is 363 g/mol. The van der Waals surface area contributed by atoms with Gasteiger partial charge in [-0.3, -0.25) is 4.79 Å². The molecule has 0 radical (unpaired) electrons. The molecule has 2 heterocycles. The topological polar surface area (TPSA) is 66.5 Å². The first-order valence-electron chi connectivity index (χ1n) is 8.02. The number of hydrogen-bond donors (Lipinski definition) is 1. The Morgan fingerprint density at radius 3 is 2.48 bits per heavy atom. The standard InChI is InChI=1S/C17H19FN2O3S2/c18-14-5-3-13(4-6-14)12-16(21)20-9-7-15(8-10-20)19-25(22,23)17-2-1-11-24-17/h1-6,11,15,19H,7-10,12H2. The van der Waals surface area contributed by atoms with Crippen molar-refractivity contribution in [3.63, 3.8) is 0 Å². The van der Waals surface area contributed by atoms with E-state index in [0.29, 0.717) is 30.1 Å². The second-order valence-electron chi connectivity index (χ2n) is 6.01. The molecule has 3 rings (SSSR count). The SMILES string of the molecule is O=C(Cc1ccc(F)cc1)N1CCC(NS(=O)(=O)c2cccs2)CC1. The highest BCUT2D eigenvalue weighted by atomic mass is 32.2. The van der Waals surface area contributed by atoms with Crippen LogP contribution in [0.4, 0.5) is 4.39 Å². The Hall–Kier alpha value is -1.77. The van der Waals surface area contributed by atoms with Crippen LogP contribution in [0.1, 0.15) is 18.4 Å². The van der Waals surface area contributed by atoms with E-state index in [2.05, 4.69) is 4.72 Å². The van der Waals surface area contributed by atoms with E-state index in [-0.39, 0.29) is 24.2 Å². The van der Waals surface area contributed by atoms with Gasteiger partial charge in [-0.15, -0.1) is 11.3 Å². The monoisotopic (exact) mass is 382 g/mol. The Balaban J connectivity index is 1.51. The molecule has 0 saturated carbocycles. The van der Waals surface area contributed by atoms with Gasteiger partial charge in [0.25, 0.3) is 0 Å². The maximum Gasteiger partial charge on any atom is 0.250 e. The highest BCUT2D eigenvalue weighted by Crippen LogP contribution is 2.19. The zero-order valence-electron chi connectivity index (χ0n) is 13.5. The van der Waals surface area contributed by atoms with E-state index in [1.54, 1.807) is 34.5 Å². The van der Waals surface area contributed by atoms with Gasteiger partial charge in [-0.05, 0) is 42.0 Å². The normalized spacial score (nSPS) is 16.1. The molecule has 1 fully saturated rings. The van der Waals surface area contributed by atoms with Gasteiger partial charge >= 0.3 is 0 Å². The lowest BCUT2D eigenvalue weighted by Crippen LogP contribution is -2.46. The number of nitrogens with zero attached hydrogens (tertiary/aromatic N) is 1. The minimum atomic E-state index is -3.48. The van der Waals surface area contributed by atoms with Crippen LogP contribution in [-0.4, -0.2) is 38.4 Å². The second-order valence-corrected chi connectivity index (χ2v) is 8.90. The molecule has 1 amide bonds. The summed E-state index contributed by atoms with van der Waals surface area (Å²) in [5.41, 5.74) is 0.770. The fourth-order valence-corrected chi connectivity index (χ4v) is 5.14. The molecule has 1 aromatic heterocycles. The van der Waals surface area contributed by atoms with Crippen molar-refractivity contribution in [3.8, 4) is 0 Å². The van der Waals surface area contributed by atoms with Crippen molar-refractivity contribution in [1.29, 1.82) is 0 Å². The van der Waals surface area contributed by atoms with Crippen LogP contribution in [0, 0.1) is 5.82 Å². The van der Waals surface area contributed by atoms with E-state index in [0.717, 1.165) is 5.56 Å². The first-order chi connectivity index (χ1) is 11.9. The smallest absolute Gasteiger partial charge is 0.250 e. The van der Waals surface area contributed by atoms with Crippen LogP contribution in [-0.2, 0) is 21.2 Å². The van der Waals surface area contributed by atoms with Crippen molar-refractivity contribution >= 4 is 27.3 Å². The molecule has 134 valence electrons. The Labute approximate surface area is 150 Å². The van der Waals surface area contributed by atoms with Crippen molar-refractivity contribution in [2.75, 3.05) is 13.1 Å². The number of carbonyl (C=O) groups excluding carboxylic acids is 1. The summed E-state index contributed by atoms with van der Waals surface area (Å²) >= 11 is 1.18. The van der Waals surface area contributed by atoms with Crippen LogP contribution >= 0.6 is 11.3 Å². The summed E-state index contributed by atoms with van der Waals surface area (Å²) in [4.78, 5) is 14.1. The van der Waals surface area contributed by atoms with E-state index < -0.39 is 10.0 Å². The number of amides is 1. The number of halogens is 1. The predicted octanol–water partition coefficient (Wildman–Crippen LogP) is 2.40. The van der Waals surface area contributed by atoms with Crippen LogP contribution in [0.15, 0.2) is 46.0 Å². The molecule has 1 aromatic carbocycles. The quantitative estimate of drug-likeness (QED) is 0.864. The molecule has 1 aliphatic heterocycles. The zero-order valence-corrected chi connectivity index (χ0v) is 15.2. The van der Waals surface area contributed by atoms with E-state index in [9.17, 15) is 17.6 Å². The van der Waals surface area contributed by atoms with Gasteiger partial charge in [0.05, 0.1) is 6.42 Å². The van der Waals surface area contributed by atoms with Crippen molar-refractivity contribution in [3.05, 3.63) is 53.2 Å². The number of benzene rings is 1. The van der Waals surface area contributed by atoms with Gasteiger partial charge in [0.2, 0.25) is 15.9 Å². The summed E-state index contributed by atoms with van der Waals surface area (Å²) in [6.07, 6.45) is 1.39.